The molecule has 0 radical (unpaired) electrons. The van der Waals surface area contributed by atoms with Crippen LogP contribution in [0.5, 0.6) is 5.75 Å². The van der Waals surface area contributed by atoms with Gasteiger partial charge in [0.2, 0.25) is 10.5 Å². The zero-order valence-corrected chi connectivity index (χ0v) is 7.98. The predicted molar refractivity (Wildman–Crippen MR) is 43.7 cm³/mol. The summed E-state index contributed by atoms with van der Waals surface area (Å²) in [5.74, 6) is 0.561. The molecular weight excluding hydrogens is 162 g/mol. The molecule has 0 bridgehead atoms. The first-order valence-electron chi connectivity index (χ1n) is 3.02. The quantitative estimate of drug-likeness (QED) is 0.362. The lowest BCUT2D eigenvalue weighted by atomic mass is 10.3. The van der Waals surface area contributed by atoms with Crippen LogP contribution >= 0.6 is 0 Å². The zero-order valence-electron chi connectivity index (χ0n) is 5.98. The minimum atomic E-state index is -0.440. The second kappa shape index (κ2) is 3.15. The van der Waals surface area contributed by atoms with Crippen LogP contribution in [0.25, 0.3) is 0 Å². The fraction of sp³-hybridized carbons (Fsp3) is 0. The van der Waals surface area contributed by atoms with Crippen LogP contribution in [0.1, 0.15) is 0 Å². The van der Waals surface area contributed by atoms with Crippen LogP contribution in [-0.4, -0.2) is 15.4 Å². The Balaban J connectivity index is 3.01. The maximum Gasteiger partial charge on any atom is 0.273 e. The number of nitrogens with zero attached hydrogens (tertiary/aromatic N) is 1. The third-order valence-corrected chi connectivity index (χ3v) is 1.74. The summed E-state index contributed by atoms with van der Waals surface area (Å²) in [6, 6.07) is 6.14. The van der Waals surface area contributed by atoms with E-state index in [4.69, 9.17) is 4.43 Å². The summed E-state index contributed by atoms with van der Waals surface area (Å²) in [5, 5.41) is 10.2. The number of hydrogen-bond donors (Lipinski definition) is 0. The third kappa shape index (κ3) is 1.78. The van der Waals surface area contributed by atoms with Crippen LogP contribution < -0.4 is 4.43 Å². The Labute approximate surface area is 66.5 Å². The lowest BCUT2D eigenvalue weighted by Crippen LogP contribution is -1.89. The lowest BCUT2D eigenvalue weighted by molar-refractivity contribution is -0.384. The van der Waals surface area contributed by atoms with Crippen molar-refractivity contribution >= 4 is 16.2 Å². The van der Waals surface area contributed by atoms with E-state index in [0.717, 1.165) is 0 Å². The van der Waals surface area contributed by atoms with Gasteiger partial charge in [-0.3, -0.25) is 10.1 Å². The summed E-state index contributed by atoms with van der Waals surface area (Å²) in [6.07, 6.45) is 0. The first kappa shape index (κ1) is 7.74. The molecule has 0 spiro atoms. The van der Waals surface area contributed by atoms with Gasteiger partial charge in [0.25, 0.3) is 5.69 Å². The van der Waals surface area contributed by atoms with E-state index in [1.165, 1.54) is 12.1 Å². The standard InChI is InChI=1S/C6H7NO3Si/c8-7(9)5-2-1-3-6(4-5)10-11/h1-4H,11H3. The Hall–Kier alpha value is -1.36. The van der Waals surface area contributed by atoms with Gasteiger partial charge in [0.1, 0.15) is 5.75 Å². The number of non-ortho nitro benzene ring substituents is 1. The molecule has 0 atom stereocenters. The normalized spacial score (nSPS) is 9.45. The molecule has 0 aromatic heterocycles. The van der Waals surface area contributed by atoms with E-state index in [1.807, 2.05) is 0 Å². The maximum absolute atomic E-state index is 10.2. The summed E-state index contributed by atoms with van der Waals surface area (Å²) in [5.41, 5.74) is 0.0679. The molecule has 0 heterocycles. The number of benzene rings is 1. The van der Waals surface area contributed by atoms with E-state index >= 15 is 0 Å². The average molecular weight is 169 g/mol. The molecule has 0 saturated carbocycles. The van der Waals surface area contributed by atoms with Gasteiger partial charge in [-0.05, 0) is 6.07 Å². The van der Waals surface area contributed by atoms with Gasteiger partial charge in [-0.15, -0.1) is 0 Å². The van der Waals surface area contributed by atoms with Crippen molar-refractivity contribution in [3.05, 3.63) is 34.4 Å². The first-order chi connectivity index (χ1) is 5.24. The summed E-state index contributed by atoms with van der Waals surface area (Å²) >= 11 is 0. The number of nitro groups is 1. The van der Waals surface area contributed by atoms with E-state index in [-0.39, 0.29) is 5.69 Å². The molecule has 5 heteroatoms. The molecule has 0 unspecified atom stereocenters. The molecule has 1 aromatic rings. The molecule has 58 valence electrons. The van der Waals surface area contributed by atoms with Gasteiger partial charge in [0, 0.05) is 6.07 Å². The SMILES string of the molecule is O=[N+]([O-])c1cccc(O[SiH3])c1. The smallest absolute Gasteiger partial charge is 0.273 e. The molecule has 1 rings (SSSR count). The molecule has 0 aliphatic heterocycles. The minimum Gasteiger partial charge on any atom is -0.553 e. The molecule has 0 aliphatic rings. The van der Waals surface area contributed by atoms with Crippen molar-refractivity contribution < 1.29 is 9.35 Å². The molecule has 0 aliphatic carbocycles. The van der Waals surface area contributed by atoms with Crippen LogP contribution in [0.15, 0.2) is 24.3 Å². The molecule has 4 nitrogen and oxygen atoms in total. The molecule has 0 saturated heterocycles. The van der Waals surface area contributed by atoms with Crippen molar-refractivity contribution in [3.63, 3.8) is 0 Å². The second-order valence-electron chi connectivity index (χ2n) is 1.96. The van der Waals surface area contributed by atoms with E-state index < -0.39 is 4.92 Å². The summed E-state index contributed by atoms with van der Waals surface area (Å²) in [6.45, 7) is 0. The van der Waals surface area contributed by atoms with Crippen molar-refractivity contribution in [1.29, 1.82) is 0 Å². The zero-order chi connectivity index (χ0) is 8.27. The van der Waals surface area contributed by atoms with E-state index in [0.29, 0.717) is 16.2 Å². The van der Waals surface area contributed by atoms with Gasteiger partial charge < -0.3 is 4.43 Å². The third-order valence-electron chi connectivity index (χ3n) is 1.26. The summed E-state index contributed by atoms with van der Waals surface area (Å²) < 4.78 is 4.94. The molecule has 0 N–H and O–H groups in total. The van der Waals surface area contributed by atoms with E-state index in [1.54, 1.807) is 12.1 Å². The molecule has 11 heavy (non-hydrogen) atoms. The summed E-state index contributed by atoms with van der Waals surface area (Å²) in [4.78, 5) is 9.79. The number of hydrogen-bond acceptors (Lipinski definition) is 3. The Morgan fingerprint density at radius 2 is 2.27 bits per heavy atom. The fourth-order valence-corrected chi connectivity index (χ4v) is 0.978. The molecule has 0 amide bonds. The van der Waals surface area contributed by atoms with Crippen molar-refractivity contribution in [2.75, 3.05) is 0 Å². The van der Waals surface area contributed by atoms with Crippen LogP contribution in [0.2, 0.25) is 0 Å². The monoisotopic (exact) mass is 169 g/mol. The highest BCUT2D eigenvalue weighted by molar-refractivity contribution is 6.00. The van der Waals surface area contributed by atoms with Gasteiger partial charge in [-0.2, -0.15) is 0 Å². The highest BCUT2D eigenvalue weighted by Crippen LogP contribution is 2.17. The number of nitro benzene ring substituents is 1. The molecule has 0 fully saturated rings. The van der Waals surface area contributed by atoms with Crippen molar-refractivity contribution in [2.24, 2.45) is 0 Å². The van der Waals surface area contributed by atoms with Gasteiger partial charge in [-0.1, -0.05) is 6.07 Å². The average Bonchev–Trinajstić information content (AvgIpc) is 2.05. The topological polar surface area (TPSA) is 52.4 Å². The van der Waals surface area contributed by atoms with Gasteiger partial charge in [0.05, 0.1) is 11.0 Å². The minimum absolute atomic E-state index is 0.0679. The molecular formula is C6H7NO3Si. The second-order valence-corrected chi connectivity index (χ2v) is 2.37. The van der Waals surface area contributed by atoms with Crippen LogP contribution in [0.3, 0.4) is 0 Å². The van der Waals surface area contributed by atoms with Gasteiger partial charge in [-0.25, -0.2) is 0 Å². The van der Waals surface area contributed by atoms with Gasteiger partial charge in [0.15, 0.2) is 0 Å². The fourth-order valence-electron chi connectivity index (χ4n) is 0.724. The highest BCUT2D eigenvalue weighted by Gasteiger charge is 2.03. The Bertz CT molecular complexity index is 276. The molecule has 1 aromatic carbocycles. The summed E-state index contributed by atoms with van der Waals surface area (Å²) in [7, 11) is 0.548. The van der Waals surface area contributed by atoms with Crippen LogP contribution in [-0.2, 0) is 0 Å². The highest BCUT2D eigenvalue weighted by atomic mass is 28.2. The Morgan fingerprint density at radius 1 is 1.55 bits per heavy atom. The van der Waals surface area contributed by atoms with Crippen molar-refractivity contribution in [3.8, 4) is 5.75 Å². The van der Waals surface area contributed by atoms with Crippen molar-refractivity contribution in [1.82, 2.24) is 0 Å². The van der Waals surface area contributed by atoms with Crippen molar-refractivity contribution in [2.45, 2.75) is 0 Å². The van der Waals surface area contributed by atoms with E-state index in [9.17, 15) is 10.1 Å². The largest absolute Gasteiger partial charge is 0.553 e. The Kier molecular flexibility index (Phi) is 2.22. The Morgan fingerprint density at radius 3 is 2.82 bits per heavy atom. The van der Waals surface area contributed by atoms with Crippen LogP contribution in [0.4, 0.5) is 5.69 Å². The van der Waals surface area contributed by atoms with E-state index in [2.05, 4.69) is 0 Å². The number of rotatable bonds is 2. The lowest BCUT2D eigenvalue weighted by Gasteiger charge is -1.97. The first-order valence-corrected chi connectivity index (χ1v) is 3.84. The predicted octanol–water partition coefficient (Wildman–Crippen LogP) is 0.254. The maximum atomic E-state index is 10.2. The van der Waals surface area contributed by atoms with Gasteiger partial charge >= 0.3 is 0 Å². The van der Waals surface area contributed by atoms with Crippen LogP contribution in [0, 0.1) is 10.1 Å².